The first-order valence-electron chi connectivity index (χ1n) is 6.87. The van der Waals surface area contributed by atoms with Gasteiger partial charge in [-0.25, -0.2) is 0 Å². The Kier molecular flexibility index (Phi) is 5.96. The van der Waals surface area contributed by atoms with E-state index in [9.17, 15) is 0 Å². The number of likely N-dealkylation sites (N-methyl/N-ethyl adjacent to an activating group) is 1. The monoisotopic (exact) mass is 265 g/mol. The summed E-state index contributed by atoms with van der Waals surface area (Å²) in [4.78, 5) is 2.19. The molecule has 0 bridgehead atoms. The molecular formula is C15H27N3O. The molecule has 1 rings (SSSR count). The summed E-state index contributed by atoms with van der Waals surface area (Å²) in [6, 6.07) is 6.26. The largest absolute Gasteiger partial charge is 0.492 e. The molecule has 1 atom stereocenters. The number of nitrogens with zero attached hydrogens (tertiary/aromatic N) is 1. The van der Waals surface area contributed by atoms with Gasteiger partial charge in [-0.2, -0.15) is 0 Å². The zero-order valence-corrected chi connectivity index (χ0v) is 12.7. The maximum Gasteiger partial charge on any atom is 0.144 e. The molecule has 0 spiro atoms. The van der Waals surface area contributed by atoms with Crippen LogP contribution in [0.3, 0.4) is 0 Å². The van der Waals surface area contributed by atoms with Gasteiger partial charge in [0.05, 0.1) is 12.3 Å². The van der Waals surface area contributed by atoms with Crippen molar-refractivity contribution in [2.45, 2.75) is 26.8 Å². The summed E-state index contributed by atoms with van der Waals surface area (Å²) in [5.74, 6) is 1.30. The van der Waals surface area contributed by atoms with Crippen LogP contribution in [0.4, 0.5) is 11.4 Å². The third kappa shape index (κ3) is 4.99. The Morgan fingerprint density at radius 3 is 2.53 bits per heavy atom. The number of rotatable bonds is 7. The minimum atomic E-state index is 0.396. The van der Waals surface area contributed by atoms with E-state index in [1.165, 1.54) is 0 Å². The van der Waals surface area contributed by atoms with Gasteiger partial charge in [0.15, 0.2) is 0 Å². The van der Waals surface area contributed by atoms with E-state index in [1.807, 2.05) is 25.1 Å². The summed E-state index contributed by atoms with van der Waals surface area (Å²) >= 11 is 0. The molecule has 4 nitrogen and oxygen atoms in total. The molecule has 0 aromatic heterocycles. The van der Waals surface area contributed by atoms with Crippen molar-refractivity contribution in [3.05, 3.63) is 18.2 Å². The number of nitrogens with one attached hydrogen (secondary N) is 1. The van der Waals surface area contributed by atoms with Gasteiger partial charge in [0.25, 0.3) is 0 Å². The molecule has 3 N–H and O–H groups in total. The molecule has 4 heteroatoms. The summed E-state index contributed by atoms with van der Waals surface area (Å²) in [5.41, 5.74) is 7.62. The van der Waals surface area contributed by atoms with E-state index in [-0.39, 0.29) is 0 Å². The Hall–Kier alpha value is -1.42. The molecule has 0 radical (unpaired) electrons. The lowest BCUT2D eigenvalue weighted by atomic mass is 10.0. The lowest BCUT2D eigenvalue weighted by molar-refractivity contribution is 0.340. The highest BCUT2D eigenvalue weighted by atomic mass is 16.5. The molecule has 1 unspecified atom stereocenters. The van der Waals surface area contributed by atoms with Gasteiger partial charge >= 0.3 is 0 Å². The van der Waals surface area contributed by atoms with Crippen molar-refractivity contribution in [1.29, 1.82) is 0 Å². The van der Waals surface area contributed by atoms with Crippen LogP contribution in [0.1, 0.15) is 20.8 Å². The van der Waals surface area contributed by atoms with E-state index in [0.29, 0.717) is 24.3 Å². The van der Waals surface area contributed by atoms with Crippen molar-refractivity contribution in [3.8, 4) is 5.75 Å². The van der Waals surface area contributed by atoms with Crippen LogP contribution >= 0.6 is 0 Å². The summed E-state index contributed by atoms with van der Waals surface area (Å²) in [5, 5.41) is 3.56. The topological polar surface area (TPSA) is 50.5 Å². The minimum Gasteiger partial charge on any atom is -0.492 e. The number of hydrogen-bond acceptors (Lipinski definition) is 4. The van der Waals surface area contributed by atoms with Crippen molar-refractivity contribution in [2.24, 2.45) is 5.92 Å². The van der Waals surface area contributed by atoms with Gasteiger partial charge in [-0.15, -0.1) is 0 Å². The summed E-state index contributed by atoms with van der Waals surface area (Å²) < 4.78 is 5.53. The van der Waals surface area contributed by atoms with E-state index in [0.717, 1.165) is 18.0 Å². The molecule has 0 saturated heterocycles. The van der Waals surface area contributed by atoms with Crippen LogP contribution in [-0.4, -0.2) is 38.2 Å². The third-order valence-electron chi connectivity index (χ3n) is 3.03. The quantitative estimate of drug-likeness (QED) is 0.744. The van der Waals surface area contributed by atoms with Gasteiger partial charge < -0.3 is 20.7 Å². The SMILES string of the molecule is CCOc1cc(NC(CN(C)C)C(C)C)ccc1N. The second-order valence-electron chi connectivity index (χ2n) is 5.44. The number of anilines is 2. The van der Waals surface area contributed by atoms with Gasteiger partial charge in [-0.3, -0.25) is 0 Å². The molecule has 1 aromatic carbocycles. The molecule has 0 aliphatic rings. The number of hydrogen-bond donors (Lipinski definition) is 2. The van der Waals surface area contributed by atoms with Gasteiger partial charge in [-0.05, 0) is 39.1 Å². The lowest BCUT2D eigenvalue weighted by Crippen LogP contribution is -2.36. The second-order valence-corrected chi connectivity index (χ2v) is 5.44. The predicted octanol–water partition coefficient (Wildman–Crippen LogP) is 2.67. The van der Waals surface area contributed by atoms with Crippen molar-refractivity contribution >= 4 is 11.4 Å². The van der Waals surface area contributed by atoms with E-state index in [4.69, 9.17) is 10.5 Å². The van der Waals surface area contributed by atoms with Crippen LogP contribution in [0.2, 0.25) is 0 Å². The fourth-order valence-electron chi connectivity index (χ4n) is 1.94. The number of nitrogen functional groups attached to an aromatic ring is 1. The predicted molar refractivity (Wildman–Crippen MR) is 82.8 cm³/mol. The highest BCUT2D eigenvalue weighted by Gasteiger charge is 2.14. The Morgan fingerprint density at radius 2 is 2.00 bits per heavy atom. The molecule has 0 fully saturated rings. The van der Waals surface area contributed by atoms with Crippen LogP contribution < -0.4 is 15.8 Å². The van der Waals surface area contributed by atoms with E-state index >= 15 is 0 Å². The van der Waals surface area contributed by atoms with E-state index in [1.54, 1.807) is 0 Å². The van der Waals surface area contributed by atoms with Gasteiger partial charge in [0.2, 0.25) is 0 Å². The average Bonchev–Trinajstić information content (AvgIpc) is 2.32. The first kappa shape index (κ1) is 15.6. The van der Waals surface area contributed by atoms with Crippen LogP contribution in [-0.2, 0) is 0 Å². The fraction of sp³-hybridized carbons (Fsp3) is 0.600. The van der Waals surface area contributed by atoms with Crippen LogP contribution in [0, 0.1) is 5.92 Å². The van der Waals surface area contributed by atoms with Crippen LogP contribution in [0.25, 0.3) is 0 Å². The average molecular weight is 265 g/mol. The maximum absolute atomic E-state index is 5.89. The summed E-state index contributed by atoms with van der Waals surface area (Å²) in [6.07, 6.45) is 0. The molecule has 0 saturated carbocycles. The number of ether oxygens (including phenoxy) is 1. The van der Waals surface area contributed by atoms with Crippen molar-refractivity contribution in [2.75, 3.05) is 38.3 Å². The zero-order chi connectivity index (χ0) is 14.4. The Morgan fingerprint density at radius 1 is 1.32 bits per heavy atom. The zero-order valence-electron chi connectivity index (χ0n) is 12.7. The van der Waals surface area contributed by atoms with Crippen molar-refractivity contribution in [1.82, 2.24) is 4.90 Å². The molecule has 0 amide bonds. The van der Waals surface area contributed by atoms with Crippen LogP contribution in [0.5, 0.6) is 5.75 Å². The summed E-state index contributed by atoms with van der Waals surface area (Å²) in [7, 11) is 4.18. The van der Waals surface area contributed by atoms with Gasteiger partial charge in [0.1, 0.15) is 5.75 Å². The molecule has 0 heterocycles. The summed E-state index contributed by atoms with van der Waals surface area (Å²) in [6.45, 7) is 8.03. The number of nitrogens with two attached hydrogens (primary N) is 1. The third-order valence-corrected chi connectivity index (χ3v) is 3.03. The van der Waals surface area contributed by atoms with E-state index in [2.05, 4.69) is 38.2 Å². The molecule has 1 aromatic rings. The Balaban J connectivity index is 2.81. The highest BCUT2D eigenvalue weighted by Crippen LogP contribution is 2.26. The molecular weight excluding hydrogens is 238 g/mol. The molecule has 0 aliphatic carbocycles. The highest BCUT2D eigenvalue weighted by molar-refractivity contribution is 5.61. The normalized spacial score (nSPS) is 12.8. The van der Waals surface area contributed by atoms with Crippen molar-refractivity contribution < 1.29 is 4.74 Å². The Bertz CT molecular complexity index is 391. The fourth-order valence-corrected chi connectivity index (χ4v) is 1.94. The lowest BCUT2D eigenvalue weighted by Gasteiger charge is -2.27. The van der Waals surface area contributed by atoms with Crippen LogP contribution in [0.15, 0.2) is 18.2 Å². The Labute approximate surface area is 116 Å². The molecule has 0 aliphatic heterocycles. The first-order chi connectivity index (χ1) is 8.93. The van der Waals surface area contributed by atoms with E-state index < -0.39 is 0 Å². The smallest absolute Gasteiger partial charge is 0.144 e. The van der Waals surface area contributed by atoms with Gasteiger partial charge in [-0.1, -0.05) is 13.8 Å². The maximum atomic E-state index is 5.89. The molecule has 19 heavy (non-hydrogen) atoms. The standard InChI is InChI=1S/C15H27N3O/c1-6-19-15-9-12(7-8-13(15)16)17-14(11(2)3)10-18(4)5/h7-9,11,14,17H,6,10,16H2,1-5H3. The van der Waals surface area contributed by atoms with Crippen molar-refractivity contribution in [3.63, 3.8) is 0 Å². The number of benzene rings is 1. The second kappa shape index (κ2) is 7.24. The van der Waals surface area contributed by atoms with Gasteiger partial charge in [0, 0.05) is 24.3 Å². The molecule has 108 valence electrons. The first-order valence-corrected chi connectivity index (χ1v) is 6.87. The minimum absolute atomic E-state index is 0.396.